The molecule has 0 bridgehead atoms. The number of nitrogens with one attached hydrogen (secondary N) is 3. The number of nitrogens with zero attached hydrogens (tertiary/aromatic N) is 8. The number of ether oxygens (including phenoxy) is 1. The number of hydrogen-bond acceptors (Lipinski definition) is 13. The summed E-state index contributed by atoms with van der Waals surface area (Å²) in [5.74, 6) is 1.16. The summed E-state index contributed by atoms with van der Waals surface area (Å²) >= 11 is 3.61. The van der Waals surface area contributed by atoms with Gasteiger partial charge in [0.25, 0.3) is 0 Å². The van der Waals surface area contributed by atoms with Gasteiger partial charge >= 0.3 is 0 Å². The van der Waals surface area contributed by atoms with Crippen molar-refractivity contribution in [3.05, 3.63) is 88.9 Å². The number of imide groups is 1. The van der Waals surface area contributed by atoms with Crippen molar-refractivity contribution in [2.24, 2.45) is 0 Å². The molecule has 0 spiro atoms. The van der Waals surface area contributed by atoms with Gasteiger partial charge in [0.1, 0.15) is 24.8 Å². The zero-order valence-corrected chi connectivity index (χ0v) is 39.3. The van der Waals surface area contributed by atoms with Gasteiger partial charge in [0.05, 0.1) is 52.0 Å². The molecule has 2 amide bonds. The summed E-state index contributed by atoms with van der Waals surface area (Å²) in [6, 6.07) is 18.5. The van der Waals surface area contributed by atoms with Crippen molar-refractivity contribution in [3.63, 3.8) is 0 Å². The lowest BCUT2D eigenvalue weighted by atomic mass is 9.99. The highest BCUT2D eigenvalue weighted by molar-refractivity contribution is 9.10. The zero-order valence-electron chi connectivity index (χ0n) is 36.8. The number of piperidine rings is 2. The van der Waals surface area contributed by atoms with Gasteiger partial charge in [-0.25, -0.2) is 9.97 Å². The summed E-state index contributed by atoms with van der Waals surface area (Å²) in [6.45, 7) is 12.9. The molecule has 3 aromatic heterocycles. The fourth-order valence-electron chi connectivity index (χ4n) is 9.55. The molecule has 17 heteroatoms. The molecule has 15 nitrogen and oxygen atoms in total. The first-order valence-electron chi connectivity index (χ1n) is 22.2. The first-order chi connectivity index (χ1) is 30.9. The third kappa shape index (κ3) is 9.24. The Morgan fingerprint density at radius 3 is 2.44 bits per heavy atom. The number of benzene rings is 3. The first-order valence-corrected chi connectivity index (χ1v) is 25.6. The van der Waals surface area contributed by atoms with Crippen LogP contribution in [0.25, 0.3) is 21.9 Å². The number of hydrogen-bond donors (Lipinski definition) is 3. The van der Waals surface area contributed by atoms with E-state index in [9.17, 15) is 14.2 Å². The van der Waals surface area contributed by atoms with Gasteiger partial charge in [-0.3, -0.25) is 24.8 Å². The van der Waals surface area contributed by atoms with E-state index in [1.165, 1.54) is 16.8 Å². The number of carbonyl (C=O) groups excluding carboxylic acids is 2. The predicted octanol–water partition coefficient (Wildman–Crippen LogP) is 7.25. The Balaban J connectivity index is 0.804. The number of rotatable bonds is 13. The molecule has 3 aromatic carbocycles. The summed E-state index contributed by atoms with van der Waals surface area (Å²) in [7, 11) is -1.02. The first kappa shape index (κ1) is 43.8. The summed E-state index contributed by atoms with van der Waals surface area (Å²) in [4.78, 5) is 50.6. The lowest BCUT2D eigenvalue weighted by molar-refractivity contribution is -0.135. The lowest BCUT2D eigenvalue weighted by Crippen LogP contribution is -2.53. The monoisotopic (exact) mass is 947 g/mol. The molecule has 3 fully saturated rings. The molecule has 9 rings (SSSR count). The van der Waals surface area contributed by atoms with Crippen LogP contribution in [0.15, 0.2) is 77.8 Å². The number of anilines is 5. The minimum atomic E-state index is -2.71. The highest BCUT2D eigenvalue weighted by atomic mass is 79.9. The lowest BCUT2D eigenvalue weighted by Gasteiger charge is -2.43. The summed E-state index contributed by atoms with van der Waals surface area (Å²) in [5, 5.41) is 10.9. The number of methoxy groups -OCH3 is 1. The molecule has 64 heavy (non-hydrogen) atoms. The van der Waals surface area contributed by atoms with Crippen LogP contribution < -0.4 is 30.9 Å². The number of carbonyl (C=O) groups is 2. The van der Waals surface area contributed by atoms with E-state index in [1.807, 2.05) is 34.9 Å². The predicted molar refractivity (Wildman–Crippen MR) is 258 cm³/mol. The van der Waals surface area contributed by atoms with Gasteiger partial charge < -0.3 is 34.3 Å². The second-order valence-electron chi connectivity index (χ2n) is 17.4. The van der Waals surface area contributed by atoms with Gasteiger partial charge in [0, 0.05) is 86.9 Å². The van der Waals surface area contributed by atoms with Crippen LogP contribution in [-0.4, -0.2) is 118 Å². The minimum absolute atomic E-state index is 0.210. The van der Waals surface area contributed by atoms with E-state index < -0.39 is 13.2 Å². The number of imidazole rings is 1. The third-order valence-electron chi connectivity index (χ3n) is 12.9. The molecule has 0 radical (unpaired) electrons. The Morgan fingerprint density at radius 1 is 0.891 bits per heavy atom. The Labute approximate surface area is 381 Å². The number of halogens is 1. The number of amides is 2. The topological polar surface area (TPSA) is 163 Å². The van der Waals surface area contributed by atoms with Crippen molar-refractivity contribution in [2.45, 2.75) is 57.5 Å². The molecular weight excluding hydrogens is 893 g/mol. The van der Waals surface area contributed by atoms with Crippen LogP contribution in [0.1, 0.15) is 49.8 Å². The van der Waals surface area contributed by atoms with Gasteiger partial charge in [0.2, 0.25) is 17.8 Å². The van der Waals surface area contributed by atoms with E-state index in [1.54, 1.807) is 39.2 Å². The van der Waals surface area contributed by atoms with E-state index in [0.29, 0.717) is 46.6 Å². The Hall–Kier alpha value is -5.41. The minimum Gasteiger partial charge on any atom is -0.494 e. The van der Waals surface area contributed by atoms with Crippen molar-refractivity contribution in [2.75, 3.05) is 81.8 Å². The SMILES string of the molecule is CCc1cc(Nc2ncc(Br)c(Nc3cnc4ccccc4c3P(C)(C)=O)n2)c(OC)cc1N1CCC(N2CCN(CCc3ccc4ncn(C5CCC(=O)NC5=O)c4c3)CC2)CC1. The molecular formula is C47H55BrN11O4P. The van der Waals surface area contributed by atoms with Gasteiger partial charge in [-0.2, -0.15) is 4.98 Å². The fourth-order valence-corrected chi connectivity index (χ4v) is 11.3. The Kier molecular flexibility index (Phi) is 12.7. The van der Waals surface area contributed by atoms with E-state index in [-0.39, 0.29) is 11.8 Å². The van der Waals surface area contributed by atoms with Crippen molar-refractivity contribution in [1.82, 2.24) is 39.6 Å². The fraction of sp³-hybridized carbons (Fsp3) is 0.404. The number of aryl methyl sites for hydroxylation is 1. The molecule has 1 unspecified atom stereocenters. The van der Waals surface area contributed by atoms with Crippen LogP contribution in [0.4, 0.5) is 28.8 Å². The molecule has 0 saturated carbocycles. The Bertz CT molecular complexity index is 2760. The highest BCUT2D eigenvalue weighted by Gasteiger charge is 2.31. The van der Waals surface area contributed by atoms with E-state index in [2.05, 4.69) is 92.7 Å². The molecule has 0 aliphatic carbocycles. The van der Waals surface area contributed by atoms with Crippen LogP contribution in [-0.2, 0) is 27.0 Å². The molecule has 6 heterocycles. The van der Waals surface area contributed by atoms with Crippen LogP contribution in [0.2, 0.25) is 0 Å². The van der Waals surface area contributed by atoms with E-state index in [0.717, 1.165) is 104 Å². The van der Waals surface area contributed by atoms with Crippen molar-refractivity contribution in [3.8, 4) is 5.75 Å². The number of para-hydroxylation sites is 1. The molecule has 3 saturated heterocycles. The van der Waals surface area contributed by atoms with E-state index >= 15 is 0 Å². The largest absolute Gasteiger partial charge is 0.494 e. The molecule has 6 aromatic rings. The summed E-state index contributed by atoms with van der Waals surface area (Å²) in [5.41, 5.74) is 7.66. The molecule has 3 aliphatic heterocycles. The quantitative estimate of drug-likeness (QED) is 0.0785. The average Bonchev–Trinajstić information content (AvgIpc) is 3.72. The van der Waals surface area contributed by atoms with Gasteiger partial charge in [-0.05, 0) is 96.8 Å². The number of aromatic nitrogens is 5. The Morgan fingerprint density at radius 2 is 1.69 bits per heavy atom. The van der Waals surface area contributed by atoms with Gasteiger partial charge in [-0.15, -0.1) is 0 Å². The van der Waals surface area contributed by atoms with Gasteiger partial charge in [0.15, 0.2) is 0 Å². The molecule has 3 aliphatic rings. The summed E-state index contributed by atoms with van der Waals surface area (Å²) < 4.78 is 22.1. The van der Waals surface area contributed by atoms with Crippen molar-refractivity contribution in [1.29, 1.82) is 0 Å². The maximum absolute atomic E-state index is 13.6. The summed E-state index contributed by atoms with van der Waals surface area (Å²) in [6.07, 6.45) is 9.96. The molecule has 334 valence electrons. The van der Waals surface area contributed by atoms with Crippen LogP contribution in [0.5, 0.6) is 5.75 Å². The van der Waals surface area contributed by atoms with Crippen LogP contribution in [0, 0.1) is 0 Å². The van der Waals surface area contributed by atoms with Crippen LogP contribution >= 0.6 is 23.1 Å². The maximum Gasteiger partial charge on any atom is 0.249 e. The number of fused-ring (bicyclic) bond motifs is 2. The molecule has 1 atom stereocenters. The second-order valence-corrected chi connectivity index (χ2v) is 21.4. The van der Waals surface area contributed by atoms with E-state index in [4.69, 9.17) is 9.72 Å². The zero-order chi connectivity index (χ0) is 44.5. The van der Waals surface area contributed by atoms with Crippen molar-refractivity contribution < 1.29 is 18.9 Å². The smallest absolute Gasteiger partial charge is 0.249 e. The standard InChI is InChI=1S/C47H55BrN11O4P/c1-5-31-25-37(53-47-50-27-34(48)45(55-47)52-38-28-49-35-9-7-6-8-33(35)44(38)64(3,4)62)42(63-2)26-40(31)58-18-15-32(16-19-58)57-22-20-56(21-23-57)17-14-30-10-11-36-41(24-30)59(29-51-36)39-12-13-43(60)54-46(39)61/h6-11,24-29,32,39H,5,12-23H2,1-4H3,(H,54,60,61)(H2,50,52,53,55). The highest BCUT2D eigenvalue weighted by Crippen LogP contribution is 2.42. The normalized spacial score (nSPS) is 18.1. The third-order valence-corrected chi connectivity index (χ3v) is 15.1. The van der Waals surface area contributed by atoms with Gasteiger partial charge in [-0.1, -0.05) is 31.2 Å². The number of piperazine rings is 1. The maximum atomic E-state index is 13.6. The van der Waals surface area contributed by atoms with Crippen molar-refractivity contribution >= 4 is 91.0 Å². The second kappa shape index (κ2) is 18.6. The molecule has 3 N–H and O–H groups in total. The average molecular weight is 949 g/mol. The van der Waals surface area contributed by atoms with Crippen LogP contribution in [0.3, 0.4) is 0 Å². The number of pyridine rings is 1.